The normalized spacial score (nSPS) is 23.8. The van der Waals surface area contributed by atoms with Crippen molar-refractivity contribution in [2.45, 2.75) is 5.60 Å². The van der Waals surface area contributed by atoms with Crippen LogP contribution in [0.15, 0.2) is 48.9 Å². The molecule has 4 nitrogen and oxygen atoms in total. The van der Waals surface area contributed by atoms with Crippen LogP contribution in [0.5, 0.6) is 0 Å². The average molecular weight is 241 g/mol. The van der Waals surface area contributed by atoms with Gasteiger partial charge in [0.1, 0.15) is 5.60 Å². The molecule has 92 valence electrons. The van der Waals surface area contributed by atoms with E-state index in [4.69, 9.17) is 4.74 Å². The number of nitrogens with one attached hydrogen (secondary N) is 1. The molecule has 1 unspecified atom stereocenters. The Bertz CT molecular complexity index is 453. The van der Waals surface area contributed by atoms with Gasteiger partial charge in [-0.05, 0) is 18.2 Å². The van der Waals surface area contributed by atoms with Gasteiger partial charge in [-0.1, -0.05) is 12.1 Å². The van der Waals surface area contributed by atoms with E-state index in [2.05, 4.69) is 15.3 Å². The van der Waals surface area contributed by atoms with E-state index in [9.17, 15) is 0 Å². The smallest absolute Gasteiger partial charge is 0.149 e. The first-order chi connectivity index (χ1) is 8.92. The maximum atomic E-state index is 6.07. The quantitative estimate of drug-likeness (QED) is 0.862. The standard InChI is InChI=1S/C14H15N3O/c1-2-7-17-13(5-1)14(11-16-8-9-18-14)12-4-3-6-15-10-12/h1-7,10,16H,8-9,11H2. The van der Waals surface area contributed by atoms with Crippen molar-refractivity contribution in [2.24, 2.45) is 0 Å². The molecule has 18 heavy (non-hydrogen) atoms. The second-order valence-electron chi connectivity index (χ2n) is 4.31. The van der Waals surface area contributed by atoms with E-state index in [0.29, 0.717) is 6.61 Å². The number of aromatic nitrogens is 2. The van der Waals surface area contributed by atoms with Crippen molar-refractivity contribution in [3.8, 4) is 0 Å². The number of hydrogen-bond donors (Lipinski definition) is 1. The molecule has 3 rings (SSSR count). The van der Waals surface area contributed by atoms with Crippen LogP contribution in [-0.2, 0) is 10.3 Å². The fourth-order valence-corrected chi connectivity index (χ4v) is 2.31. The fraction of sp³-hybridized carbons (Fsp3) is 0.286. The Morgan fingerprint density at radius 3 is 2.83 bits per heavy atom. The van der Waals surface area contributed by atoms with Gasteiger partial charge in [-0.3, -0.25) is 9.97 Å². The predicted molar refractivity (Wildman–Crippen MR) is 68.1 cm³/mol. The highest BCUT2D eigenvalue weighted by Crippen LogP contribution is 2.32. The molecule has 1 N–H and O–H groups in total. The molecule has 0 aliphatic carbocycles. The SMILES string of the molecule is c1ccc(C2(c3cccnc3)CNCCO2)nc1. The van der Waals surface area contributed by atoms with Gasteiger partial charge in [-0.2, -0.15) is 0 Å². The Hall–Kier alpha value is -1.78. The minimum atomic E-state index is -0.520. The van der Waals surface area contributed by atoms with Gasteiger partial charge in [-0.25, -0.2) is 0 Å². The Kier molecular flexibility index (Phi) is 3.04. The van der Waals surface area contributed by atoms with E-state index in [0.717, 1.165) is 24.3 Å². The molecule has 1 aliphatic rings. The Balaban J connectivity index is 2.10. The molecule has 0 bridgehead atoms. The maximum absolute atomic E-state index is 6.07. The number of ether oxygens (including phenoxy) is 1. The fourth-order valence-electron chi connectivity index (χ4n) is 2.31. The summed E-state index contributed by atoms with van der Waals surface area (Å²) in [4.78, 5) is 8.65. The van der Waals surface area contributed by atoms with Crippen molar-refractivity contribution < 1.29 is 4.74 Å². The zero-order valence-corrected chi connectivity index (χ0v) is 10.0. The zero-order valence-electron chi connectivity index (χ0n) is 10.0. The van der Waals surface area contributed by atoms with Crippen LogP contribution in [0.4, 0.5) is 0 Å². The average Bonchev–Trinajstić information content (AvgIpc) is 2.50. The van der Waals surface area contributed by atoms with Crippen molar-refractivity contribution in [1.29, 1.82) is 0 Å². The molecule has 1 atom stereocenters. The van der Waals surface area contributed by atoms with Gasteiger partial charge in [0.2, 0.25) is 0 Å². The first kappa shape index (κ1) is 11.3. The lowest BCUT2D eigenvalue weighted by atomic mass is 9.89. The van der Waals surface area contributed by atoms with Crippen LogP contribution in [0.2, 0.25) is 0 Å². The summed E-state index contributed by atoms with van der Waals surface area (Å²) in [5.41, 5.74) is 1.44. The van der Waals surface area contributed by atoms with Crippen molar-refractivity contribution in [3.05, 3.63) is 60.2 Å². The highest BCUT2D eigenvalue weighted by molar-refractivity contribution is 5.31. The molecule has 1 saturated heterocycles. The van der Waals surface area contributed by atoms with Crippen LogP contribution in [0.25, 0.3) is 0 Å². The molecule has 4 heteroatoms. The van der Waals surface area contributed by atoms with Crippen LogP contribution in [0.3, 0.4) is 0 Å². The molecule has 1 fully saturated rings. The molecular formula is C14H15N3O. The van der Waals surface area contributed by atoms with Crippen LogP contribution < -0.4 is 5.32 Å². The van der Waals surface area contributed by atoms with E-state index >= 15 is 0 Å². The third-order valence-electron chi connectivity index (χ3n) is 3.21. The predicted octanol–water partition coefficient (Wildman–Crippen LogP) is 1.34. The summed E-state index contributed by atoms with van der Waals surface area (Å²) < 4.78 is 6.07. The summed E-state index contributed by atoms with van der Waals surface area (Å²) >= 11 is 0. The highest BCUT2D eigenvalue weighted by Gasteiger charge is 2.38. The topological polar surface area (TPSA) is 47.0 Å². The Labute approximate surface area is 106 Å². The lowest BCUT2D eigenvalue weighted by Gasteiger charge is -2.37. The molecule has 0 saturated carbocycles. The van der Waals surface area contributed by atoms with Crippen LogP contribution in [-0.4, -0.2) is 29.7 Å². The number of hydrogen-bond acceptors (Lipinski definition) is 4. The maximum Gasteiger partial charge on any atom is 0.149 e. The van der Waals surface area contributed by atoms with Crippen molar-refractivity contribution >= 4 is 0 Å². The monoisotopic (exact) mass is 241 g/mol. The van der Waals surface area contributed by atoms with Crippen LogP contribution in [0.1, 0.15) is 11.3 Å². The molecule has 0 spiro atoms. The van der Waals surface area contributed by atoms with Crippen molar-refractivity contribution in [3.63, 3.8) is 0 Å². The number of morpholine rings is 1. The summed E-state index contributed by atoms with van der Waals surface area (Å²) in [6, 6.07) is 9.86. The van der Waals surface area contributed by atoms with Gasteiger partial charge in [0, 0.05) is 37.2 Å². The largest absolute Gasteiger partial charge is 0.361 e. The molecule has 1 aliphatic heterocycles. The van der Waals surface area contributed by atoms with E-state index in [1.165, 1.54) is 0 Å². The van der Waals surface area contributed by atoms with E-state index in [-0.39, 0.29) is 0 Å². The highest BCUT2D eigenvalue weighted by atomic mass is 16.5. The minimum absolute atomic E-state index is 0.520. The number of nitrogens with zero attached hydrogens (tertiary/aromatic N) is 2. The zero-order chi connectivity index (χ0) is 12.3. The molecule has 2 aromatic rings. The molecule has 0 aromatic carbocycles. The Morgan fingerprint density at radius 2 is 2.17 bits per heavy atom. The summed E-state index contributed by atoms with van der Waals surface area (Å²) in [5.74, 6) is 0. The summed E-state index contributed by atoms with van der Waals surface area (Å²) in [6.07, 6.45) is 5.42. The van der Waals surface area contributed by atoms with Gasteiger partial charge in [0.25, 0.3) is 0 Å². The first-order valence-corrected chi connectivity index (χ1v) is 6.08. The third kappa shape index (κ3) is 1.89. The lowest BCUT2D eigenvalue weighted by molar-refractivity contribution is -0.0434. The van der Waals surface area contributed by atoms with Crippen molar-refractivity contribution in [2.75, 3.05) is 19.7 Å². The molecular weight excluding hydrogens is 226 g/mol. The van der Waals surface area contributed by atoms with Crippen molar-refractivity contribution in [1.82, 2.24) is 15.3 Å². The first-order valence-electron chi connectivity index (χ1n) is 6.08. The van der Waals surface area contributed by atoms with E-state index < -0.39 is 5.60 Å². The van der Waals surface area contributed by atoms with Gasteiger partial charge in [0.05, 0.1) is 12.3 Å². The summed E-state index contributed by atoms with van der Waals surface area (Å²) in [5, 5.41) is 3.38. The minimum Gasteiger partial charge on any atom is -0.361 e. The lowest BCUT2D eigenvalue weighted by Crippen LogP contribution is -2.48. The van der Waals surface area contributed by atoms with E-state index in [1.54, 1.807) is 12.4 Å². The number of rotatable bonds is 2. The summed E-state index contributed by atoms with van der Waals surface area (Å²) in [6.45, 7) is 2.26. The van der Waals surface area contributed by atoms with Gasteiger partial charge < -0.3 is 10.1 Å². The second kappa shape index (κ2) is 4.84. The molecule has 0 radical (unpaired) electrons. The second-order valence-corrected chi connectivity index (χ2v) is 4.31. The Morgan fingerprint density at radius 1 is 1.17 bits per heavy atom. The van der Waals surface area contributed by atoms with Gasteiger partial charge >= 0.3 is 0 Å². The molecule has 3 heterocycles. The van der Waals surface area contributed by atoms with Crippen LogP contribution >= 0.6 is 0 Å². The molecule has 2 aromatic heterocycles. The number of pyridine rings is 2. The summed E-state index contributed by atoms with van der Waals surface area (Å²) in [7, 11) is 0. The van der Waals surface area contributed by atoms with E-state index in [1.807, 2.05) is 36.5 Å². The molecule has 0 amide bonds. The van der Waals surface area contributed by atoms with Gasteiger partial charge in [-0.15, -0.1) is 0 Å². The van der Waals surface area contributed by atoms with Crippen LogP contribution in [0, 0.1) is 0 Å². The third-order valence-corrected chi connectivity index (χ3v) is 3.21. The van der Waals surface area contributed by atoms with Gasteiger partial charge in [0.15, 0.2) is 0 Å².